The predicted molar refractivity (Wildman–Crippen MR) is 65.5 cm³/mol. The van der Waals surface area contributed by atoms with Gasteiger partial charge in [0.1, 0.15) is 0 Å². The summed E-state index contributed by atoms with van der Waals surface area (Å²) in [5, 5.41) is 9.51. The van der Waals surface area contributed by atoms with Crippen LogP contribution < -0.4 is 0 Å². The van der Waals surface area contributed by atoms with Gasteiger partial charge in [-0.3, -0.25) is 4.79 Å². The van der Waals surface area contributed by atoms with Crippen LogP contribution in [0.1, 0.15) is 25.7 Å². The van der Waals surface area contributed by atoms with E-state index in [0.717, 1.165) is 30.1 Å². The lowest BCUT2D eigenvalue weighted by molar-refractivity contribution is -0.149. The highest BCUT2D eigenvalue weighted by Gasteiger charge is 2.65. The molecule has 8 unspecified atom stereocenters. The Labute approximate surface area is 108 Å². The van der Waals surface area contributed by atoms with Crippen molar-refractivity contribution in [3.05, 3.63) is 0 Å². The molecule has 0 spiro atoms. The minimum Gasteiger partial charge on any atom is -0.469 e. The zero-order valence-corrected chi connectivity index (χ0v) is 10.9. The fraction of sp³-hybridized carbons (Fsp3) is 0.933. The van der Waals surface area contributed by atoms with Crippen LogP contribution in [0, 0.1) is 47.3 Å². The van der Waals surface area contributed by atoms with Gasteiger partial charge >= 0.3 is 5.97 Å². The van der Waals surface area contributed by atoms with E-state index in [0.29, 0.717) is 24.4 Å². The summed E-state index contributed by atoms with van der Waals surface area (Å²) in [6.45, 7) is 0.352. The zero-order chi connectivity index (χ0) is 12.4. The standard InChI is InChI=1S/C15H22O3/c1-18-15(17)12-5-8-4-11(12)14-10-3-7(13(8)14)2-9(10)6-16/h7-14,16H,2-6H2,1H3. The maximum atomic E-state index is 11.9. The van der Waals surface area contributed by atoms with E-state index in [4.69, 9.17) is 4.74 Å². The Morgan fingerprint density at radius 3 is 2.56 bits per heavy atom. The maximum absolute atomic E-state index is 11.9. The van der Waals surface area contributed by atoms with Gasteiger partial charge in [0.25, 0.3) is 0 Å². The van der Waals surface area contributed by atoms with Gasteiger partial charge in [-0.25, -0.2) is 0 Å². The molecule has 0 radical (unpaired) electrons. The molecule has 4 rings (SSSR count). The highest BCUT2D eigenvalue weighted by molar-refractivity contribution is 5.73. The molecule has 0 aliphatic heterocycles. The van der Waals surface area contributed by atoms with Crippen LogP contribution in [0.3, 0.4) is 0 Å². The van der Waals surface area contributed by atoms with Crippen LogP contribution in [0.4, 0.5) is 0 Å². The second-order valence-corrected chi connectivity index (χ2v) is 7.02. The van der Waals surface area contributed by atoms with Gasteiger partial charge in [-0.05, 0) is 67.1 Å². The van der Waals surface area contributed by atoms with Gasteiger partial charge in [-0.15, -0.1) is 0 Å². The molecule has 0 aromatic rings. The second-order valence-electron chi connectivity index (χ2n) is 7.02. The monoisotopic (exact) mass is 250 g/mol. The highest BCUT2D eigenvalue weighted by Crippen LogP contribution is 2.70. The quantitative estimate of drug-likeness (QED) is 0.599. The molecule has 18 heavy (non-hydrogen) atoms. The summed E-state index contributed by atoms with van der Waals surface area (Å²) in [5.74, 6) is 5.21. The lowest BCUT2D eigenvalue weighted by Gasteiger charge is -2.40. The second kappa shape index (κ2) is 3.72. The predicted octanol–water partition coefficient (Wildman–Crippen LogP) is 1.70. The Morgan fingerprint density at radius 2 is 1.83 bits per heavy atom. The summed E-state index contributed by atoms with van der Waals surface area (Å²) in [6, 6.07) is 0. The van der Waals surface area contributed by atoms with Crippen molar-refractivity contribution in [2.45, 2.75) is 25.7 Å². The van der Waals surface area contributed by atoms with Crippen LogP contribution >= 0.6 is 0 Å². The van der Waals surface area contributed by atoms with Crippen molar-refractivity contribution in [2.75, 3.05) is 13.7 Å². The first-order chi connectivity index (χ1) is 8.74. The first-order valence-corrected chi connectivity index (χ1v) is 7.43. The number of aliphatic hydroxyl groups excluding tert-OH is 1. The van der Waals surface area contributed by atoms with Crippen molar-refractivity contribution in [3.8, 4) is 0 Å². The summed E-state index contributed by atoms with van der Waals surface area (Å²) >= 11 is 0. The van der Waals surface area contributed by atoms with Crippen molar-refractivity contribution < 1.29 is 14.6 Å². The zero-order valence-electron chi connectivity index (χ0n) is 10.9. The minimum absolute atomic E-state index is 0.0178. The van der Waals surface area contributed by atoms with Crippen LogP contribution in [0.25, 0.3) is 0 Å². The molecule has 8 atom stereocenters. The summed E-state index contributed by atoms with van der Waals surface area (Å²) in [5.41, 5.74) is 0. The molecule has 4 bridgehead atoms. The summed E-state index contributed by atoms with van der Waals surface area (Å²) in [7, 11) is 1.52. The minimum atomic E-state index is 0.0178. The van der Waals surface area contributed by atoms with Gasteiger partial charge in [0, 0.05) is 6.61 Å². The molecule has 0 saturated heterocycles. The lowest BCUT2D eigenvalue weighted by atomic mass is 9.65. The average Bonchev–Trinajstić information content (AvgIpc) is 3.12. The smallest absolute Gasteiger partial charge is 0.308 e. The number of aliphatic hydroxyl groups is 1. The molecule has 1 N–H and O–H groups in total. The largest absolute Gasteiger partial charge is 0.469 e. The third-order valence-electron chi connectivity index (χ3n) is 6.69. The third-order valence-corrected chi connectivity index (χ3v) is 6.69. The topological polar surface area (TPSA) is 46.5 Å². The Hall–Kier alpha value is -0.570. The molecule has 100 valence electrons. The van der Waals surface area contributed by atoms with E-state index < -0.39 is 0 Å². The molecule has 3 nitrogen and oxygen atoms in total. The van der Waals surface area contributed by atoms with Gasteiger partial charge in [0.15, 0.2) is 0 Å². The first-order valence-electron chi connectivity index (χ1n) is 7.43. The fourth-order valence-electron chi connectivity index (χ4n) is 6.37. The van der Waals surface area contributed by atoms with Crippen LogP contribution in [-0.2, 0) is 9.53 Å². The number of hydrogen-bond donors (Lipinski definition) is 1. The number of esters is 1. The molecule has 0 aromatic carbocycles. The maximum Gasteiger partial charge on any atom is 0.308 e. The molecular weight excluding hydrogens is 228 g/mol. The van der Waals surface area contributed by atoms with Gasteiger partial charge in [-0.1, -0.05) is 0 Å². The van der Waals surface area contributed by atoms with Crippen molar-refractivity contribution >= 4 is 5.97 Å². The van der Waals surface area contributed by atoms with Gasteiger partial charge in [0.2, 0.25) is 0 Å². The number of carbonyl (C=O) groups excluding carboxylic acids is 1. The third kappa shape index (κ3) is 1.21. The van der Waals surface area contributed by atoms with Crippen LogP contribution in [0.2, 0.25) is 0 Å². The molecule has 3 heteroatoms. The molecule has 4 aliphatic rings. The molecule has 4 fully saturated rings. The molecular formula is C15H22O3. The number of rotatable bonds is 2. The van der Waals surface area contributed by atoms with E-state index in [9.17, 15) is 9.90 Å². The van der Waals surface area contributed by atoms with E-state index in [2.05, 4.69) is 0 Å². The van der Waals surface area contributed by atoms with Gasteiger partial charge in [-0.2, -0.15) is 0 Å². The van der Waals surface area contributed by atoms with Gasteiger partial charge in [0.05, 0.1) is 13.0 Å². The fourth-order valence-corrected chi connectivity index (χ4v) is 6.37. The number of carbonyl (C=O) groups is 1. The van der Waals surface area contributed by atoms with Gasteiger partial charge < -0.3 is 9.84 Å². The Balaban J connectivity index is 1.61. The van der Waals surface area contributed by atoms with E-state index in [-0.39, 0.29) is 11.9 Å². The lowest BCUT2D eigenvalue weighted by Crippen LogP contribution is -2.39. The van der Waals surface area contributed by atoms with E-state index in [1.54, 1.807) is 0 Å². The van der Waals surface area contributed by atoms with Crippen molar-refractivity contribution in [1.82, 2.24) is 0 Å². The van der Waals surface area contributed by atoms with Crippen LogP contribution in [-0.4, -0.2) is 24.8 Å². The normalized spacial score (nSPS) is 55.9. The Morgan fingerprint density at radius 1 is 1.11 bits per heavy atom. The van der Waals surface area contributed by atoms with Crippen molar-refractivity contribution in [1.29, 1.82) is 0 Å². The first kappa shape index (κ1) is 11.3. The molecule has 4 aliphatic carbocycles. The SMILES string of the molecule is COC(=O)C1CC2CC1C1C3CC(CC3CO)C21. The number of methoxy groups -OCH3 is 1. The number of ether oxygens (including phenoxy) is 1. The van der Waals surface area contributed by atoms with E-state index >= 15 is 0 Å². The van der Waals surface area contributed by atoms with Crippen LogP contribution in [0.15, 0.2) is 0 Å². The van der Waals surface area contributed by atoms with Crippen molar-refractivity contribution in [2.24, 2.45) is 47.3 Å². The molecule has 0 amide bonds. The molecule has 0 heterocycles. The summed E-state index contributed by atoms with van der Waals surface area (Å²) in [4.78, 5) is 11.9. The molecule has 0 aromatic heterocycles. The number of fused-ring (bicyclic) bond motifs is 9. The van der Waals surface area contributed by atoms with Crippen LogP contribution in [0.5, 0.6) is 0 Å². The summed E-state index contributed by atoms with van der Waals surface area (Å²) < 4.78 is 4.98. The Kier molecular flexibility index (Phi) is 2.33. The average molecular weight is 250 g/mol. The Bertz CT molecular complexity index is 380. The summed E-state index contributed by atoms with van der Waals surface area (Å²) in [6.07, 6.45) is 4.89. The number of hydrogen-bond acceptors (Lipinski definition) is 3. The molecule has 4 saturated carbocycles. The van der Waals surface area contributed by atoms with E-state index in [1.165, 1.54) is 26.4 Å². The van der Waals surface area contributed by atoms with Crippen molar-refractivity contribution in [3.63, 3.8) is 0 Å². The highest BCUT2D eigenvalue weighted by atomic mass is 16.5. The van der Waals surface area contributed by atoms with E-state index in [1.807, 2.05) is 0 Å².